The van der Waals surface area contributed by atoms with E-state index in [1.807, 2.05) is 18.2 Å². The molecule has 1 aliphatic carbocycles. The first-order chi connectivity index (χ1) is 10.7. The molecule has 0 aromatic heterocycles. The number of hydrogen-bond donors (Lipinski definition) is 2. The van der Waals surface area contributed by atoms with Gasteiger partial charge in [0.05, 0.1) is 11.5 Å². The molecule has 120 valence electrons. The molecule has 2 aliphatic rings. The minimum atomic E-state index is -0.134. The number of benzene rings is 1. The molecule has 1 saturated carbocycles. The summed E-state index contributed by atoms with van der Waals surface area (Å²) in [7, 11) is 0. The Bertz CT molecular complexity index is 487. The van der Waals surface area contributed by atoms with Crippen LogP contribution in [0.4, 0.5) is 0 Å². The van der Waals surface area contributed by atoms with Crippen molar-refractivity contribution < 1.29 is 4.79 Å². The fourth-order valence-corrected chi connectivity index (χ4v) is 4.34. The lowest BCUT2D eigenvalue weighted by atomic mass is 9.67. The van der Waals surface area contributed by atoms with Crippen molar-refractivity contribution in [3.05, 3.63) is 35.9 Å². The third kappa shape index (κ3) is 3.05. The van der Waals surface area contributed by atoms with Crippen molar-refractivity contribution in [2.45, 2.75) is 51.5 Å². The summed E-state index contributed by atoms with van der Waals surface area (Å²) in [6.07, 6.45) is 7.03. The van der Waals surface area contributed by atoms with Crippen LogP contribution in [0.25, 0.3) is 0 Å². The van der Waals surface area contributed by atoms with Gasteiger partial charge in [-0.15, -0.1) is 0 Å². The molecule has 3 nitrogen and oxygen atoms in total. The summed E-state index contributed by atoms with van der Waals surface area (Å²) >= 11 is 0. The third-order valence-corrected chi connectivity index (χ3v) is 5.73. The molecule has 0 bridgehead atoms. The molecule has 3 heteroatoms. The maximum Gasteiger partial charge on any atom is 0.227 e. The SMILES string of the molecule is C[C@H](NC(=O)C1(C2CCCC2)CCNCC1)c1ccccc1. The average Bonchev–Trinajstić information content (AvgIpc) is 3.11. The number of amides is 1. The van der Waals surface area contributed by atoms with Gasteiger partial charge in [0.1, 0.15) is 0 Å². The van der Waals surface area contributed by atoms with Crippen molar-refractivity contribution in [2.24, 2.45) is 11.3 Å². The first-order valence-electron chi connectivity index (χ1n) is 8.79. The molecule has 2 fully saturated rings. The van der Waals surface area contributed by atoms with E-state index in [9.17, 15) is 4.79 Å². The van der Waals surface area contributed by atoms with Crippen molar-refractivity contribution in [3.8, 4) is 0 Å². The Hall–Kier alpha value is -1.35. The van der Waals surface area contributed by atoms with Crippen LogP contribution >= 0.6 is 0 Å². The number of hydrogen-bond acceptors (Lipinski definition) is 2. The van der Waals surface area contributed by atoms with E-state index in [1.165, 1.54) is 31.2 Å². The second-order valence-electron chi connectivity index (χ2n) is 6.99. The molecule has 1 saturated heterocycles. The van der Waals surface area contributed by atoms with E-state index in [0.29, 0.717) is 5.92 Å². The zero-order valence-electron chi connectivity index (χ0n) is 13.6. The number of carbonyl (C=O) groups is 1. The molecular formula is C19H28N2O. The number of nitrogens with one attached hydrogen (secondary N) is 2. The quantitative estimate of drug-likeness (QED) is 0.894. The molecule has 1 aromatic carbocycles. The summed E-state index contributed by atoms with van der Waals surface area (Å²) in [5, 5.41) is 6.74. The molecule has 1 atom stereocenters. The van der Waals surface area contributed by atoms with Crippen molar-refractivity contribution >= 4 is 5.91 Å². The number of rotatable bonds is 4. The van der Waals surface area contributed by atoms with Crippen molar-refractivity contribution in [3.63, 3.8) is 0 Å². The first kappa shape index (κ1) is 15.5. The van der Waals surface area contributed by atoms with Crippen LogP contribution in [0.1, 0.15) is 57.1 Å². The van der Waals surface area contributed by atoms with E-state index >= 15 is 0 Å². The van der Waals surface area contributed by atoms with E-state index in [0.717, 1.165) is 25.9 Å². The van der Waals surface area contributed by atoms with Crippen molar-refractivity contribution in [1.82, 2.24) is 10.6 Å². The Balaban J connectivity index is 1.74. The summed E-state index contributed by atoms with van der Waals surface area (Å²) in [6, 6.07) is 10.4. The minimum Gasteiger partial charge on any atom is -0.349 e. The van der Waals surface area contributed by atoms with Crippen LogP contribution < -0.4 is 10.6 Å². The second kappa shape index (κ2) is 6.82. The molecule has 1 amide bonds. The summed E-state index contributed by atoms with van der Waals surface area (Å²) in [4.78, 5) is 13.2. The van der Waals surface area contributed by atoms with Crippen LogP contribution in [0.15, 0.2) is 30.3 Å². The fraction of sp³-hybridized carbons (Fsp3) is 0.632. The molecule has 0 radical (unpaired) electrons. The van der Waals surface area contributed by atoms with Crippen LogP contribution in [0.2, 0.25) is 0 Å². The topological polar surface area (TPSA) is 41.1 Å². The molecule has 0 unspecified atom stereocenters. The normalized spacial score (nSPS) is 23.1. The molecule has 3 rings (SSSR count). The highest BCUT2D eigenvalue weighted by molar-refractivity contribution is 5.83. The first-order valence-corrected chi connectivity index (χ1v) is 8.79. The lowest BCUT2D eigenvalue weighted by molar-refractivity contribution is -0.137. The standard InChI is InChI=1S/C19H28N2O/c1-15(16-7-3-2-4-8-16)21-18(22)19(11-13-20-14-12-19)17-9-5-6-10-17/h2-4,7-8,15,17,20H,5-6,9-14H2,1H3,(H,21,22)/t15-/m0/s1. The predicted molar refractivity (Wildman–Crippen MR) is 89.5 cm³/mol. The van der Waals surface area contributed by atoms with Gasteiger partial charge in [-0.2, -0.15) is 0 Å². The predicted octanol–water partition coefficient (Wildman–Crippen LogP) is 3.42. The van der Waals surface area contributed by atoms with Crippen LogP contribution in [-0.4, -0.2) is 19.0 Å². The zero-order valence-corrected chi connectivity index (χ0v) is 13.6. The Labute approximate surface area is 133 Å². The maximum atomic E-state index is 13.2. The highest BCUT2D eigenvalue weighted by Crippen LogP contribution is 2.46. The highest BCUT2D eigenvalue weighted by Gasteiger charge is 2.46. The minimum absolute atomic E-state index is 0.0851. The average molecular weight is 300 g/mol. The van der Waals surface area contributed by atoms with Gasteiger partial charge in [0, 0.05) is 0 Å². The van der Waals surface area contributed by atoms with Gasteiger partial charge < -0.3 is 10.6 Å². The van der Waals surface area contributed by atoms with Crippen LogP contribution in [0.5, 0.6) is 0 Å². The van der Waals surface area contributed by atoms with Crippen LogP contribution in [0.3, 0.4) is 0 Å². The van der Waals surface area contributed by atoms with E-state index in [-0.39, 0.29) is 17.4 Å². The molecule has 0 spiro atoms. The second-order valence-corrected chi connectivity index (χ2v) is 6.99. The maximum absolute atomic E-state index is 13.2. The number of piperidine rings is 1. The van der Waals surface area contributed by atoms with Gasteiger partial charge in [-0.1, -0.05) is 43.2 Å². The summed E-state index contributed by atoms with van der Waals surface area (Å²) in [5.74, 6) is 0.870. The monoisotopic (exact) mass is 300 g/mol. The zero-order chi connectivity index (χ0) is 15.4. The third-order valence-electron chi connectivity index (χ3n) is 5.73. The van der Waals surface area contributed by atoms with E-state index in [4.69, 9.17) is 0 Å². The van der Waals surface area contributed by atoms with Crippen LogP contribution in [-0.2, 0) is 4.79 Å². The summed E-state index contributed by atoms with van der Waals surface area (Å²) in [6.45, 7) is 4.05. The Morgan fingerprint density at radius 2 is 1.82 bits per heavy atom. The molecule has 1 aromatic rings. The fourth-order valence-electron chi connectivity index (χ4n) is 4.34. The van der Waals surface area contributed by atoms with Crippen molar-refractivity contribution in [2.75, 3.05) is 13.1 Å². The molecular weight excluding hydrogens is 272 g/mol. The summed E-state index contributed by atoms with van der Waals surface area (Å²) < 4.78 is 0. The van der Waals surface area contributed by atoms with Gasteiger partial charge in [-0.05, 0) is 57.2 Å². The highest BCUT2D eigenvalue weighted by atomic mass is 16.2. The molecule has 1 aliphatic heterocycles. The van der Waals surface area contributed by atoms with Crippen LogP contribution in [0, 0.1) is 11.3 Å². The molecule has 22 heavy (non-hydrogen) atoms. The van der Waals surface area contributed by atoms with E-state index in [2.05, 4.69) is 29.7 Å². The van der Waals surface area contributed by atoms with Gasteiger partial charge in [0.15, 0.2) is 0 Å². The van der Waals surface area contributed by atoms with Crippen molar-refractivity contribution in [1.29, 1.82) is 0 Å². The Morgan fingerprint density at radius 3 is 2.45 bits per heavy atom. The largest absolute Gasteiger partial charge is 0.349 e. The van der Waals surface area contributed by atoms with Gasteiger partial charge in [0.2, 0.25) is 5.91 Å². The van der Waals surface area contributed by atoms with Gasteiger partial charge >= 0.3 is 0 Å². The molecule has 2 N–H and O–H groups in total. The number of carbonyl (C=O) groups excluding carboxylic acids is 1. The van der Waals surface area contributed by atoms with Gasteiger partial charge in [0.25, 0.3) is 0 Å². The van der Waals surface area contributed by atoms with Gasteiger partial charge in [-0.3, -0.25) is 4.79 Å². The Morgan fingerprint density at radius 1 is 1.18 bits per heavy atom. The van der Waals surface area contributed by atoms with E-state index < -0.39 is 0 Å². The molecule has 1 heterocycles. The Kier molecular flexibility index (Phi) is 4.82. The lowest BCUT2D eigenvalue weighted by Gasteiger charge is -2.41. The smallest absolute Gasteiger partial charge is 0.227 e. The van der Waals surface area contributed by atoms with Gasteiger partial charge in [-0.25, -0.2) is 0 Å². The summed E-state index contributed by atoms with van der Waals surface area (Å²) in [5.41, 5.74) is 1.05. The lowest BCUT2D eigenvalue weighted by Crippen LogP contribution is -2.51. The van der Waals surface area contributed by atoms with E-state index in [1.54, 1.807) is 0 Å².